The Morgan fingerprint density at radius 3 is 2.43 bits per heavy atom. The highest BCUT2D eigenvalue weighted by molar-refractivity contribution is 4.94. The van der Waals surface area contributed by atoms with E-state index in [1.165, 1.54) is 0 Å². The number of rotatable bonds is 10. The number of nitrogens with one attached hydrogen (secondary N) is 1. The van der Waals surface area contributed by atoms with E-state index >= 15 is 0 Å². The van der Waals surface area contributed by atoms with Gasteiger partial charge >= 0.3 is 0 Å². The van der Waals surface area contributed by atoms with Crippen molar-refractivity contribution < 1.29 is 9.26 Å². The second-order valence-corrected chi connectivity index (χ2v) is 6.25. The molecule has 1 N–H and O–H groups in total. The second-order valence-electron chi connectivity index (χ2n) is 6.25. The molecule has 2 atom stereocenters. The van der Waals surface area contributed by atoms with Crippen molar-refractivity contribution in [3.63, 3.8) is 0 Å². The number of hydrogen-bond donors (Lipinski definition) is 1. The summed E-state index contributed by atoms with van der Waals surface area (Å²) in [4.78, 5) is 4.54. The summed E-state index contributed by atoms with van der Waals surface area (Å²) >= 11 is 0. The first-order valence-corrected chi connectivity index (χ1v) is 8.15. The lowest BCUT2D eigenvalue weighted by Gasteiger charge is -2.18. The molecule has 0 aliphatic heterocycles. The number of nitrogens with zero attached hydrogens (tertiary/aromatic N) is 2. The first-order valence-electron chi connectivity index (χ1n) is 8.15. The van der Waals surface area contributed by atoms with Gasteiger partial charge in [0.1, 0.15) is 6.10 Å². The molecule has 0 radical (unpaired) electrons. The van der Waals surface area contributed by atoms with Gasteiger partial charge in [-0.05, 0) is 31.7 Å². The smallest absolute Gasteiger partial charge is 0.228 e. The van der Waals surface area contributed by atoms with Crippen LogP contribution >= 0.6 is 0 Å². The summed E-state index contributed by atoms with van der Waals surface area (Å²) in [6, 6.07) is 0.382. The standard InChI is InChI=1S/C16H31N3O2/c1-7-17-13(9-11(3)4)10-14-18-16(19-21-14)15(12(5)6)20-8-2/h11-13,15,17H,7-10H2,1-6H3. The van der Waals surface area contributed by atoms with E-state index in [2.05, 4.69) is 50.1 Å². The van der Waals surface area contributed by atoms with Crippen LogP contribution in [0.15, 0.2) is 4.52 Å². The highest BCUT2D eigenvalue weighted by atomic mass is 16.5. The Hall–Kier alpha value is -0.940. The SMILES string of the molecule is CCNC(Cc1nc(C(OCC)C(C)C)no1)CC(C)C. The van der Waals surface area contributed by atoms with Crippen molar-refractivity contribution in [1.82, 2.24) is 15.5 Å². The lowest BCUT2D eigenvalue weighted by molar-refractivity contribution is 0.0217. The molecule has 1 aromatic rings. The molecule has 0 saturated heterocycles. The summed E-state index contributed by atoms with van der Waals surface area (Å²) in [6.07, 6.45) is 1.79. The van der Waals surface area contributed by atoms with Crippen molar-refractivity contribution in [2.24, 2.45) is 11.8 Å². The summed E-state index contributed by atoms with van der Waals surface area (Å²) in [6.45, 7) is 14.4. The fourth-order valence-corrected chi connectivity index (χ4v) is 2.52. The molecule has 0 saturated carbocycles. The molecule has 0 aliphatic carbocycles. The minimum atomic E-state index is -0.0878. The van der Waals surface area contributed by atoms with Gasteiger partial charge in [0.05, 0.1) is 0 Å². The van der Waals surface area contributed by atoms with E-state index in [1.807, 2.05) is 6.92 Å². The van der Waals surface area contributed by atoms with Gasteiger partial charge in [0.25, 0.3) is 0 Å². The van der Waals surface area contributed by atoms with E-state index in [4.69, 9.17) is 9.26 Å². The van der Waals surface area contributed by atoms with Crippen LogP contribution in [0.25, 0.3) is 0 Å². The maximum absolute atomic E-state index is 5.72. The lowest BCUT2D eigenvalue weighted by atomic mass is 10.0. The number of hydrogen-bond acceptors (Lipinski definition) is 5. The van der Waals surface area contributed by atoms with Crippen LogP contribution in [-0.2, 0) is 11.2 Å². The van der Waals surface area contributed by atoms with Crippen molar-refractivity contribution in [1.29, 1.82) is 0 Å². The molecule has 0 spiro atoms. The third-order valence-corrected chi connectivity index (χ3v) is 3.36. The van der Waals surface area contributed by atoms with Crippen LogP contribution in [0.4, 0.5) is 0 Å². The van der Waals surface area contributed by atoms with Crippen LogP contribution in [0.5, 0.6) is 0 Å². The van der Waals surface area contributed by atoms with E-state index in [1.54, 1.807) is 0 Å². The van der Waals surface area contributed by atoms with Crippen molar-refractivity contribution in [3.05, 3.63) is 11.7 Å². The van der Waals surface area contributed by atoms with Gasteiger partial charge in [-0.2, -0.15) is 4.98 Å². The fourth-order valence-electron chi connectivity index (χ4n) is 2.52. The summed E-state index contributed by atoms with van der Waals surface area (Å²) < 4.78 is 11.1. The van der Waals surface area contributed by atoms with Gasteiger partial charge in [0.2, 0.25) is 11.7 Å². The topological polar surface area (TPSA) is 60.2 Å². The Labute approximate surface area is 128 Å². The van der Waals surface area contributed by atoms with Gasteiger partial charge in [0.15, 0.2) is 0 Å². The van der Waals surface area contributed by atoms with Gasteiger partial charge < -0.3 is 14.6 Å². The van der Waals surface area contributed by atoms with Crippen LogP contribution in [0.1, 0.15) is 65.8 Å². The minimum absolute atomic E-state index is 0.0878. The highest BCUT2D eigenvalue weighted by Crippen LogP contribution is 2.23. The Morgan fingerprint density at radius 1 is 1.19 bits per heavy atom. The Morgan fingerprint density at radius 2 is 1.90 bits per heavy atom. The van der Waals surface area contributed by atoms with Crippen molar-refractivity contribution in [3.8, 4) is 0 Å². The average Bonchev–Trinajstić information content (AvgIpc) is 2.83. The molecular weight excluding hydrogens is 266 g/mol. The molecular formula is C16H31N3O2. The highest BCUT2D eigenvalue weighted by Gasteiger charge is 2.23. The van der Waals surface area contributed by atoms with Gasteiger partial charge in [0, 0.05) is 19.1 Å². The molecule has 1 aromatic heterocycles. The summed E-state index contributed by atoms with van der Waals surface area (Å²) in [5.74, 6) is 2.34. The maximum atomic E-state index is 5.72. The van der Waals surface area contributed by atoms with Crippen LogP contribution < -0.4 is 5.32 Å². The van der Waals surface area contributed by atoms with E-state index in [0.717, 1.165) is 19.4 Å². The lowest BCUT2D eigenvalue weighted by Crippen LogP contribution is -2.32. The summed E-state index contributed by atoms with van der Waals surface area (Å²) in [5.41, 5.74) is 0. The monoisotopic (exact) mass is 297 g/mol. The molecule has 0 aliphatic rings. The molecule has 21 heavy (non-hydrogen) atoms. The molecule has 5 nitrogen and oxygen atoms in total. The van der Waals surface area contributed by atoms with Crippen LogP contribution in [-0.4, -0.2) is 29.3 Å². The normalized spacial score (nSPS) is 14.9. The van der Waals surface area contributed by atoms with E-state index < -0.39 is 0 Å². The zero-order chi connectivity index (χ0) is 15.8. The number of aromatic nitrogens is 2. The Kier molecular flexibility index (Phi) is 7.89. The number of likely N-dealkylation sites (N-methyl/N-ethyl adjacent to an activating group) is 1. The van der Waals surface area contributed by atoms with Crippen LogP contribution in [0.2, 0.25) is 0 Å². The third-order valence-electron chi connectivity index (χ3n) is 3.36. The quantitative estimate of drug-likeness (QED) is 0.717. The third kappa shape index (κ3) is 6.14. The molecule has 0 fully saturated rings. The van der Waals surface area contributed by atoms with Crippen molar-refractivity contribution >= 4 is 0 Å². The van der Waals surface area contributed by atoms with Gasteiger partial charge in [-0.15, -0.1) is 0 Å². The van der Waals surface area contributed by atoms with E-state index in [0.29, 0.717) is 36.2 Å². The van der Waals surface area contributed by atoms with Gasteiger partial charge in [-0.3, -0.25) is 0 Å². The van der Waals surface area contributed by atoms with Crippen LogP contribution in [0.3, 0.4) is 0 Å². The Bertz CT molecular complexity index is 391. The molecule has 2 unspecified atom stereocenters. The van der Waals surface area contributed by atoms with E-state index in [9.17, 15) is 0 Å². The van der Waals surface area contributed by atoms with Crippen molar-refractivity contribution in [2.75, 3.05) is 13.2 Å². The molecule has 0 amide bonds. The van der Waals surface area contributed by atoms with Gasteiger partial charge in [-0.1, -0.05) is 39.8 Å². The largest absolute Gasteiger partial charge is 0.370 e. The summed E-state index contributed by atoms with van der Waals surface area (Å²) in [5, 5.41) is 7.60. The Balaban J connectivity index is 2.71. The molecule has 5 heteroatoms. The van der Waals surface area contributed by atoms with Crippen LogP contribution in [0, 0.1) is 11.8 Å². The first kappa shape index (κ1) is 18.1. The van der Waals surface area contributed by atoms with E-state index in [-0.39, 0.29) is 6.10 Å². The van der Waals surface area contributed by atoms with Gasteiger partial charge in [-0.25, -0.2) is 0 Å². The first-order chi connectivity index (χ1) is 9.97. The predicted octanol–water partition coefficient (Wildman–Crippen LogP) is 3.37. The zero-order valence-electron chi connectivity index (χ0n) is 14.3. The molecule has 0 bridgehead atoms. The van der Waals surface area contributed by atoms with Crippen molar-refractivity contribution in [2.45, 2.75) is 66.5 Å². The molecule has 122 valence electrons. The maximum Gasteiger partial charge on any atom is 0.228 e. The molecule has 1 heterocycles. The number of ether oxygens (including phenoxy) is 1. The predicted molar refractivity (Wildman–Crippen MR) is 84.1 cm³/mol. The zero-order valence-corrected chi connectivity index (χ0v) is 14.3. The average molecular weight is 297 g/mol. The molecule has 0 aromatic carbocycles. The summed E-state index contributed by atoms with van der Waals surface area (Å²) in [7, 11) is 0. The second kappa shape index (κ2) is 9.15. The molecule has 1 rings (SSSR count). The minimum Gasteiger partial charge on any atom is -0.370 e. The fraction of sp³-hybridized carbons (Fsp3) is 0.875.